The fourth-order valence-electron chi connectivity index (χ4n) is 3.25. The molecule has 124 valence electrons. The molecule has 1 heterocycles. The van der Waals surface area contributed by atoms with Crippen LogP contribution in [0.3, 0.4) is 0 Å². The summed E-state index contributed by atoms with van der Waals surface area (Å²) in [6, 6.07) is 23.3. The van der Waals surface area contributed by atoms with Crippen molar-refractivity contribution in [2.45, 2.75) is 6.42 Å². The summed E-state index contributed by atoms with van der Waals surface area (Å²) in [6.45, 7) is 0.419. The van der Waals surface area contributed by atoms with E-state index in [4.69, 9.17) is 0 Å². The van der Waals surface area contributed by atoms with Gasteiger partial charge in [0.1, 0.15) is 0 Å². The van der Waals surface area contributed by atoms with E-state index in [1.807, 2.05) is 72.8 Å². The summed E-state index contributed by atoms with van der Waals surface area (Å²) in [4.78, 5) is 26.5. The Kier molecular flexibility index (Phi) is 3.94. The Morgan fingerprint density at radius 1 is 0.920 bits per heavy atom. The molecule has 25 heavy (non-hydrogen) atoms. The summed E-state index contributed by atoms with van der Waals surface area (Å²) >= 11 is 0. The number of hydrogen-bond acceptors (Lipinski definition) is 2. The van der Waals surface area contributed by atoms with Gasteiger partial charge in [0.05, 0.1) is 5.92 Å². The predicted molar refractivity (Wildman–Crippen MR) is 99.5 cm³/mol. The fourth-order valence-corrected chi connectivity index (χ4v) is 3.25. The molecule has 1 atom stereocenters. The van der Waals surface area contributed by atoms with E-state index in [2.05, 4.69) is 5.32 Å². The molecule has 4 nitrogen and oxygen atoms in total. The number of para-hydroxylation sites is 1. The topological polar surface area (TPSA) is 49.4 Å². The van der Waals surface area contributed by atoms with Crippen molar-refractivity contribution in [2.75, 3.05) is 16.8 Å². The average Bonchev–Trinajstić information content (AvgIpc) is 3.04. The molecule has 0 unspecified atom stereocenters. The molecule has 4 heteroatoms. The van der Waals surface area contributed by atoms with Crippen molar-refractivity contribution in [1.82, 2.24) is 0 Å². The van der Waals surface area contributed by atoms with Crippen molar-refractivity contribution < 1.29 is 9.59 Å². The first-order valence-electron chi connectivity index (χ1n) is 8.36. The van der Waals surface area contributed by atoms with Crippen molar-refractivity contribution in [2.24, 2.45) is 5.92 Å². The molecule has 0 aromatic heterocycles. The first kappa shape index (κ1) is 15.4. The third-order valence-corrected chi connectivity index (χ3v) is 4.58. The lowest BCUT2D eigenvalue weighted by Gasteiger charge is -2.16. The molecular weight excluding hydrogens is 312 g/mol. The number of anilines is 2. The van der Waals surface area contributed by atoms with Crippen LogP contribution in [0.4, 0.5) is 11.4 Å². The van der Waals surface area contributed by atoms with E-state index >= 15 is 0 Å². The molecule has 1 N–H and O–H groups in total. The van der Waals surface area contributed by atoms with Gasteiger partial charge >= 0.3 is 0 Å². The molecular formula is C21H18N2O2. The zero-order chi connectivity index (χ0) is 17.2. The molecule has 0 spiro atoms. The second-order valence-corrected chi connectivity index (χ2v) is 6.29. The van der Waals surface area contributed by atoms with Gasteiger partial charge in [-0.05, 0) is 35.0 Å². The van der Waals surface area contributed by atoms with Gasteiger partial charge < -0.3 is 10.2 Å². The first-order valence-corrected chi connectivity index (χ1v) is 8.36. The number of benzene rings is 3. The summed E-state index contributed by atoms with van der Waals surface area (Å²) in [6.07, 6.45) is 0.244. The Bertz CT molecular complexity index is 937. The van der Waals surface area contributed by atoms with Gasteiger partial charge in [0.2, 0.25) is 11.8 Å². The van der Waals surface area contributed by atoms with E-state index in [1.54, 1.807) is 4.90 Å². The summed E-state index contributed by atoms with van der Waals surface area (Å²) in [5, 5.41) is 5.16. The van der Waals surface area contributed by atoms with Gasteiger partial charge in [0.15, 0.2) is 0 Å². The minimum absolute atomic E-state index is 0.00939. The van der Waals surface area contributed by atoms with E-state index in [-0.39, 0.29) is 24.2 Å². The number of amides is 2. The SMILES string of the molecule is O=C(Nc1ccc2ccccc2c1)[C@@H]1CC(=O)N(c2ccccc2)C1. The summed E-state index contributed by atoms with van der Waals surface area (Å²) in [5.41, 5.74) is 1.60. The predicted octanol–water partition coefficient (Wildman–Crippen LogP) is 3.83. The van der Waals surface area contributed by atoms with E-state index in [1.165, 1.54) is 0 Å². The van der Waals surface area contributed by atoms with E-state index in [0.29, 0.717) is 6.54 Å². The van der Waals surface area contributed by atoms with Crippen LogP contribution in [-0.4, -0.2) is 18.4 Å². The zero-order valence-electron chi connectivity index (χ0n) is 13.7. The van der Waals surface area contributed by atoms with E-state index in [0.717, 1.165) is 22.1 Å². The van der Waals surface area contributed by atoms with Gasteiger partial charge in [-0.1, -0.05) is 48.5 Å². The number of nitrogens with one attached hydrogen (secondary N) is 1. The average molecular weight is 330 g/mol. The highest BCUT2D eigenvalue weighted by atomic mass is 16.2. The molecule has 3 aromatic rings. The number of rotatable bonds is 3. The highest BCUT2D eigenvalue weighted by molar-refractivity contribution is 6.04. The van der Waals surface area contributed by atoms with Crippen LogP contribution >= 0.6 is 0 Å². The minimum atomic E-state index is -0.334. The van der Waals surface area contributed by atoms with Crippen LogP contribution in [0.15, 0.2) is 72.8 Å². The molecule has 4 rings (SSSR count). The normalized spacial score (nSPS) is 17.0. The number of fused-ring (bicyclic) bond motifs is 1. The highest BCUT2D eigenvalue weighted by Crippen LogP contribution is 2.26. The van der Waals surface area contributed by atoms with E-state index < -0.39 is 0 Å². The molecule has 2 amide bonds. The second-order valence-electron chi connectivity index (χ2n) is 6.29. The van der Waals surface area contributed by atoms with Gasteiger partial charge in [-0.2, -0.15) is 0 Å². The standard InChI is InChI=1S/C21H18N2O2/c24-20-13-17(14-23(20)19-8-2-1-3-9-19)21(25)22-18-11-10-15-6-4-5-7-16(15)12-18/h1-12,17H,13-14H2,(H,22,25)/t17-/m1/s1. The Morgan fingerprint density at radius 3 is 2.44 bits per heavy atom. The van der Waals surface area contributed by atoms with Crippen molar-refractivity contribution in [3.05, 3.63) is 72.8 Å². The number of carbonyl (C=O) groups is 2. The lowest BCUT2D eigenvalue weighted by molar-refractivity contribution is -0.122. The Balaban J connectivity index is 1.48. The molecule has 1 fully saturated rings. The Hall–Kier alpha value is -3.14. The van der Waals surface area contributed by atoms with Gasteiger partial charge in [0.25, 0.3) is 0 Å². The van der Waals surface area contributed by atoms with Crippen molar-refractivity contribution in [3.8, 4) is 0 Å². The quantitative estimate of drug-likeness (QED) is 0.793. The van der Waals surface area contributed by atoms with Crippen LogP contribution in [0.5, 0.6) is 0 Å². The van der Waals surface area contributed by atoms with Gasteiger partial charge in [0, 0.05) is 24.3 Å². The molecule has 1 aliphatic rings. The van der Waals surface area contributed by atoms with E-state index in [9.17, 15) is 9.59 Å². The van der Waals surface area contributed by atoms with Gasteiger partial charge in [-0.25, -0.2) is 0 Å². The molecule has 3 aromatic carbocycles. The molecule has 1 saturated heterocycles. The van der Waals surface area contributed by atoms with Crippen molar-refractivity contribution >= 4 is 34.0 Å². The number of carbonyl (C=O) groups excluding carboxylic acids is 2. The smallest absolute Gasteiger partial charge is 0.229 e. The lowest BCUT2D eigenvalue weighted by Crippen LogP contribution is -2.28. The molecule has 0 radical (unpaired) electrons. The second kappa shape index (κ2) is 6.40. The maximum atomic E-state index is 12.6. The van der Waals surface area contributed by atoms with Crippen LogP contribution < -0.4 is 10.2 Å². The molecule has 1 aliphatic heterocycles. The molecule has 0 bridgehead atoms. The lowest BCUT2D eigenvalue weighted by atomic mass is 10.1. The highest BCUT2D eigenvalue weighted by Gasteiger charge is 2.35. The van der Waals surface area contributed by atoms with Crippen LogP contribution in [0, 0.1) is 5.92 Å². The molecule has 0 saturated carbocycles. The maximum absolute atomic E-state index is 12.6. The maximum Gasteiger partial charge on any atom is 0.229 e. The Morgan fingerprint density at radius 2 is 1.64 bits per heavy atom. The van der Waals surface area contributed by atoms with Crippen molar-refractivity contribution in [3.63, 3.8) is 0 Å². The van der Waals surface area contributed by atoms with Crippen LogP contribution in [0.1, 0.15) is 6.42 Å². The fraction of sp³-hybridized carbons (Fsp3) is 0.143. The van der Waals surface area contributed by atoms with Crippen LogP contribution in [-0.2, 0) is 9.59 Å². The van der Waals surface area contributed by atoms with Crippen LogP contribution in [0.25, 0.3) is 10.8 Å². The summed E-state index contributed by atoms with van der Waals surface area (Å²) in [5.74, 6) is -0.453. The molecule has 0 aliphatic carbocycles. The zero-order valence-corrected chi connectivity index (χ0v) is 13.7. The summed E-state index contributed by atoms with van der Waals surface area (Å²) < 4.78 is 0. The Labute approximate surface area is 146 Å². The van der Waals surface area contributed by atoms with Crippen molar-refractivity contribution in [1.29, 1.82) is 0 Å². The minimum Gasteiger partial charge on any atom is -0.326 e. The summed E-state index contributed by atoms with van der Waals surface area (Å²) in [7, 11) is 0. The number of hydrogen-bond donors (Lipinski definition) is 1. The largest absolute Gasteiger partial charge is 0.326 e. The van der Waals surface area contributed by atoms with Gasteiger partial charge in [-0.3, -0.25) is 9.59 Å². The first-order chi connectivity index (χ1) is 12.2. The monoisotopic (exact) mass is 330 g/mol. The van der Waals surface area contributed by atoms with Gasteiger partial charge in [-0.15, -0.1) is 0 Å². The third kappa shape index (κ3) is 3.11. The number of nitrogens with zero attached hydrogens (tertiary/aromatic N) is 1. The van der Waals surface area contributed by atoms with Crippen LogP contribution in [0.2, 0.25) is 0 Å². The third-order valence-electron chi connectivity index (χ3n) is 4.58.